The lowest BCUT2D eigenvalue weighted by Gasteiger charge is -2.44. The first-order valence-electron chi connectivity index (χ1n) is 30.4. The van der Waals surface area contributed by atoms with Crippen LogP contribution in [0.2, 0.25) is 0 Å². The van der Waals surface area contributed by atoms with Gasteiger partial charge in [-0.2, -0.15) is 11.3 Å². The second-order valence-electron chi connectivity index (χ2n) is 23.8. The maximum absolute atomic E-state index is 12.4. The maximum atomic E-state index is 12.4. The Morgan fingerprint density at radius 2 is 1.29 bits per heavy atom. The van der Waals surface area contributed by atoms with E-state index in [1.807, 2.05) is 91.0 Å². The van der Waals surface area contributed by atoms with E-state index in [9.17, 15) is 14.4 Å². The van der Waals surface area contributed by atoms with Gasteiger partial charge in [-0.15, -0.1) is 11.3 Å². The number of aromatic nitrogens is 4. The number of carbonyl (C=O) groups excluding carboxylic acids is 3. The van der Waals surface area contributed by atoms with Crippen LogP contribution in [-0.4, -0.2) is 112 Å². The second-order valence-corrected chi connectivity index (χ2v) is 26.9. The van der Waals surface area contributed by atoms with E-state index in [0.29, 0.717) is 29.7 Å². The molecule has 8 aliphatic heterocycles. The van der Waals surface area contributed by atoms with Gasteiger partial charge >= 0.3 is 0 Å². The Bertz CT molecular complexity index is 3350. The summed E-state index contributed by atoms with van der Waals surface area (Å²) < 4.78 is 6.50. The topological polar surface area (TPSA) is 146 Å². The highest BCUT2D eigenvalue weighted by Crippen LogP contribution is 2.36. The third kappa shape index (κ3) is 17.7. The molecule has 2 aromatic carbocycles. The molecular formula is C69H81IN8O4S2. The Hall–Kier alpha value is -5.66. The molecule has 0 radical (unpaired) electrons. The highest BCUT2D eigenvalue weighted by molar-refractivity contribution is 14.1. The Morgan fingerprint density at radius 1 is 0.667 bits per heavy atom. The number of nitrogens with one attached hydrogen (secondary N) is 2. The van der Waals surface area contributed by atoms with E-state index in [4.69, 9.17) is 4.42 Å². The summed E-state index contributed by atoms with van der Waals surface area (Å²) in [5.74, 6) is 3.24. The summed E-state index contributed by atoms with van der Waals surface area (Å²) in [6.45, 7) is 15.6. The fourth-order valence-electron chi connectivity index (χ4n) is 12.3. The molecule has 12 nitrogen and oxygen atoms in total. The molecule has 8 saturated heterocycles. The Labute approximate surface area is 518 Å². The van der Waals surface area contributed by atoms with Crippen molar-refractivity contribution in [1.29, 1.82) is 0 Å². The monoisotopic (exact) mass is 1280 g/mol. The number of ketones is 3. The van der Waals surface area contributed by atoms with Crippen LogP contribution in [0, 0.1) is 48.0 Å². The third-order valence-corrected chi connectivity index (χ3v) is 20.1. The SMILES string of the molecule is Cc1ccc(C(=O)C[C@H]2CN3CCC2CC3)cc1.Cc1ccc(Cc2nc(C)c(C(=O)c3ccsc3)s2)cc1.Ic1cncc(CC[C@@H]2CCN2)c1.O=C(C[C@H]1CN2CCC1CC2)c1cc2ccoc2cn1.c1cncc(CC[C@@H]2CCN2)c1. The number of furan rings is 1. The maximum Gasteiger partial charge on any atom is 0.205 e. The number of pyridine rings is 3. The van der Waals surface area contributed by atoms with Crippen LogP contribution in [0.15, 0.2) is 137 Å². The van der Waals surface area contributed by atoms with E-state index in [-0.39, 0.29) is 11.6 Å². The molecule has 84 heavy (non-hydrogen) atoms. The Kier molecular flexibility index (Phi) is 22.4. The average molecular weight is 1280 g/mol. The highest BCUT2D eigenvalue weighted by atomic mass is 127. The molecule has 8 aromatic rings. The number of piperidine rings is 6. The van der Waals surface area contributed by atoms with Crippen molar-refractivity contribution in [3.63, 3.8) is 0 Å². The molecule has 0 amide bonds. The first-order chi connectivity index (χ1) is 40.9. The van der Waals surface area contributed by atoms with Crippen molar-refractivity contribution >= 4 is 73.6 Å². The molecule has 0 saturated carbocycles. The number of benzene rings is 2. The van der Waals surface area contributed by atoms with Crippen LogP contribution >= 0.6 is 45.3 Å². The van der Waals surface area contributed by atoms with Gasteiger partial charge in [0.2, 0.25) is 5.78 Å². The van der Waals surface area contributed by atoms with Crippen LogP contribution in [0.5, 0.6) is 0 Å². The zero-order chi connectivity index (χ0) is 58.2. The van der Waals surface area contributed by atoms with Crippen LogP contribution < -0.4 is 10.6 Å². The average Bonchev–Trinajstić information content (AvgIpc) is 3.75. The minimum Gasteiger partial charge on any atom is -0.463 e. The van der Waals surface area contributed by atoms with Gasteiger partial charge in [0.05, 0.1) is 28.0 Å². The van der Waals surface area contributed by atoms with Crippen molar-refractivity contribution < 1.29 is 18.8 Å². The second kappa shape index (κ2) is 30.6. The van der Waals surface area contributed by atoms with E-state index < -0.39 is 0 Å². The fraction of sp³-hybridized carbons (Fsp3) is 0.435. The van der Waals surface area contributed by atoms with Gasteiger partial charge in [0.15, 0.2) is 17.1 Å². The molecule has 0 spiro atoms. The molecule has 8 aliphatic rings. The number of rotatable bonds is 16. The molecule has 0 aliphatic carbocycles. The number of aryl methyl sites for hydroxylation is 5. The molecular weight excluding hydrogens is 1200 g/mol. The van der Waals surface area contributed by atoms with Gasteiger partial charge in [0.1, 0.15) is 5.69 Å². The predicted molar refractivity (Wildman–Crippen MR) is 348 cm³/mol. The van der Waals surface area contributed by atoms with Gasteiger partial charge in [-0.05, 0) is 223 Å². The van der Waals surface area contributed by atoms with E-state index in [1.54, 1.807) is 23.8 Å². The largest absolute Gasteiger partial charge is 0.463 e. The van der Waals surface area contributed by atoms with Crippen LogP contribution in [0.1, 0.15) is 139 Å². The number of thiazole rings is 1. The van der Waals surface area contributed by atoms with E-state index >= 15 is 0 Å². The summed E-state index contributed by atoms with van der Waals surface area (Å²) in [5, 5.41) is 12.6. The number of hydrogen-bond donors (Lipinski definition) is 2. The molecule has 15 heteroatoms. The number of fused-ring (bicyclic) bond motifs is 7. The van der Waals surface area contributed by atoms with Gasteiger partial charge in [0.25, 0.3) is 0 Å². The highest BCUT2D eigenvalue weighted by Gasteiger charge is 2.36. The Balaban J connectivity index is 0.000000119. The predicted octanol–water partition coefficient (Wildman–Crippen LogP) is 13.7. The number of halogens is 1. The minimum atomic E-state index is 0.0846. The smallest absolute Gasteiger partial charge is 0.205 e. The van der Waals surface area contributed by atoms with Gasteiger partial charge < -0.3 is 24.9 Å². The number of thiophene rings is 1. The summed E-state index contributed by atoms with van der Waals surface area (Å²) in [7, 11) is 0. The molecule has 4 atom stereocenters. The first kappa shape index (κ1) is 61.4. The lowest BCUT2D eigenvalue weighted by Crippen LogP contribution is -2.47. The fourth-order valence-corrected chi connectivity index (χ4v) is 14.5. The third-order valence-electron chi connectivity index (χ3n) is 17.7. The van der Waals surface area contributed by atoms with Gasteiger partial charge in [-0.25, -0.2) is 9.97 Å². The van der Waals surface area contributed by atoms with Crippen molar-refractivity contribution in [2.75, 3.05) is 52.4 Å². The molecule has 8 fully saturated rings. The van der Waals surface area contributed by atoms with Gasteiger partial charge in [0, 0.05) is 94.7 Å². The number of carbonyl (C=O) groups is 3. The molecule has 440 valence electrons. The number of Topliss-reactive ketones (excluding diaryl/α,β-unsaturated/α-hetero) is 2. The van der Waals surface area contributed by atoms with Crippen molar-refractivity contribution in [3.8, 4) is 0 Å². The van der Waals surface area contributed by atoms with Gasteiger partial charge in [-0.3, -0.25) is 24.4 Å². The molecule has 6 aromatic heterocycles. The van der Waals surface area contributed by atoms with Crippen molar-refractivity contribution in [3.05, 3.63) is 197 Å². The van der Waals surface area contributed by atoms with Crippen LogP contribution in [0.4, 0.5) is 0 Å². The van der Waals surface area contributed by atoms with Gasteiger partial charge in [-0.1, -0.05) is 65.7 Å². The zero-order valence-electron chi connectivity index (χ0n) is 49.0. The van der Waals surface area contributed by atoms with Crippen LogP contribution in [-0.2, 0) is 19.3 Å². The molecule has 16 rings (SSSR count). The quantitative estimate of drug-likeness (QED) is 0.0701. The van der Waals surface area contributed by atoms with Crippen molar-refractivity contribution in [2.45, 2.75) is 116 Å². The number of nitrogens with zero attached hydrogens (tertiary/aromatic N) is 6. The first-order valence-corrected chi connectivity index (χ1v) is 33.2. The molecule has 0 unspecified atom stereocenters. The number of hydrogen-bond acceptors (Lipinski definition) is 14. The molecule has 14 heterocycles. The van der Waals surface area contributed by atoms with E-state index in [0.717, 1.165) is 100 Å². The minimum absolute atomic E-state index is 0.0846. The summed E-state index contributed by atoms with van der Waals surface area (Å²) in [5.41, 5.74) is 10.2. The van der Waals surface area contributed by atoms with E-state index in [2.05, 4.69) is 113 Å². The van der Waals surface area contributed by atoms with Crippen molar-refractivity contribution in [1.82, 2.24) is 40.4 Å². The van der Waals surface area contributed by atoms with Crippen molar-refractivity contribution in [2.24, 2.45) is 23.7 Å². The summed E-state index contributed by atoms with van der Waals surface area (Å²) >= 11 is 5.36. The lowest BCUT2D eigenvalue weighted by molar-refractivity contribution is 0.0438. The standard InChI is InChI=1S/C17H15NOS2.C16H18N2O2.C16H21NO.C10H13IN2.C10H14N2/c1-11-3-5-13(6-4-11)9-15-18-12(2)17(21-15)16(19)14-7-8-20-10-14;19-15(8-13-10-18-4-1-11(13)2-5-18)14-7-12-3-6-20-16(12)9-17-14;1-12-2-4-14(5-3-12)16(18)10-15-11-17-8-6-13(15)7-9-17;11-9-5-8(6-12-7-9)1-2-10-3-4-13-10;1-2-9(8-11-6-1)3-4-10-5-7-12-10/h3-8,10H,9H2,1-2H3;3,6-7,9,11,13H,1-2,4-5,8,10H2;2-5,13,15H,6-11H2,1H3;5-7,10,13H,1-4H2;1-2,6,8,10,12H,3-5,7H2/t;13-;15-;2*10-/m.0011/s1. The molecule has 2 N–H and O–H groups in total. The summed E-state index contributed by atoms with van der Waals surface area (Å²) in [6.07, 6.45) is 25.7. The molecule has 4 bridgehead atoms. The van der Waals surface area contributed by atoms with Crippen LogP contribution in [0.25, 0.3) is 11.0 Å². The zero-order valence-corrected chi connectivity index (χ0v) is 52.8. The summed E-state index contributed by atoms with van der Waals surface area (Å²) in [6, 6.07) is 29.9. The Morgan fingerprint density at radius 3 is 1.85 bits per heavy atom. The summed E-state index contributed by atoms with van der Waals surface area (Å²) in [4.78, 5) is 60.0. The van der Waals surface area contributed by atoms with E-state index in [1.165, 1.54) is 133 Å². The van der Waals surface area contributed by atoms with Crippen LogP contribution in [0.3, 0.4) is 0 Å². The normalized spacial score (nSPS) is 22.5. The lowest BCUT2D eigenvalue weighted by atomic mass is 9.76.